The molecule has 0 heterocycles. The summed E-state index contributed by atoms with van der Waals surface area (Å²) in [5, 5.41) is 14.0. The molecule has 0 radical (unpaired) electrons. The zero-order valence-corrected chi connectivity index (χ0v) is 11.9. The second kappa shape index (κ2) is 8.34. The zero-order chi connectivity index (χ0) is 15.0. The van der Waals surface area contributed by atoms with E-state index in [4.69, 9.17) is 5.11 Å². The third-order valence-corrected chi connectivity index (χ3v) is 2.39. The standard InChI is InChI=1S/C12H23N3O4/c1-8(2)14-10(16)5-6-13-12(19)15(4)7-9(3)11(17)18/h8-9H,5-7H2,1-4H3,(H,13,19)(H,14,16)(H,17,18). The predicted molar refractivity (Wildman–Crippen MR) is 70.7 cm³/mol. The van der Waals surface area contributed by atoms with Crippen LogP contribution in [0, 0.1) is 5.92 Å². The van der Waals surface area contributed by atoms with Crippen molar-refractivity contribution in [2.45, 2.75) is 33.2 Å². The SMILES string of the molecule is CC(C)NC(=O)CCNC(=O)N(C)CC(C)C(=O)O. The molecule has 19 heavy (non-hydrogen) atoms. The molecular formula is C12H23N3O4. The number of hydrogen-bond donors (Lipinski definition) is 3. The Labute approximate surface area is 113 Å². The van der Waals surface area contributed by atoms with E-state index in [0.29, 0.717) is 0 Å². The molecule has 7 heteroatoms. The molecule has 110 valence electrons. The summed E-state index contributed by atoms with van der Waals surface area (Å²) >= 11 is 0. The molecule has 0 saturated heterocycles. The van der Waals surface area contributed by atoms with Gasteiger partial charge in [0, 0.05) is 32.6 Å². The van der Waals surface area contributed by atoms with Crippen molar-refractivity contribution in [3.63, 3.8) is 0 Å². The smallest absolute Gasteiger partial charge is 0.317 e. The summed E-state index contributed by atoms with van der Waals surface area (Å²) in [4.78, 5) is 34.9. The van der Waals surface area contributed by atoms with Gasteiger partial charge in [-0.15, -0.1) is 0 Å². The van der Waals surface area contributed by atoms with Crippen molar-refractivity contribution >= 4 is 17.9 Å². The minimum Gasteiger partial charge on any atom is -0.481 e. The normalized spacial score (nSPS) is 11.8. The van der Waals surface area contributed by atoms with Crippen LogP contribution in [-0.2, 0) is 9.59 Å². The van der Waals surface area contributed by atoms with Crippen molar-refractivity contribution in [1.82, 2.24) is 15.5 Å². The van der Waals surface area contributed by atoms with Gasteiger partial charge in [-0.3, -0.25) is 9.59 Å². The van der Waals surface area contributed by atoms with Gasteiger partial charge in [0.1, 0.15) is 0 Å². The molecular weight excluding hydrogens is 250 g/mol. The number of urea groups is 1. The van der Waals surface area contributed by atoms with Crippen LogP contribution in [0.2, 0.25) is 0 Å². The minimum absolute atomic E-state index is 0.0716. The van der Waals surface area contributed by atoms with Crippen molar-refractivity contribution in [3.8, 4) is 0 Å². The molecule has 1 unspecified atom stereocenters. The molecule has 3 amide bonds. The Balaban J connectivity index is 3.91. The number of carbonyl (C=O) groups excluding carboxylic acids is 2. The van der Waals surface area contributed by atoms with Crippen molar-refractivity contribution in [3.05, 3.63) is 0 Å². The average molecular weight is 273 g/mol. The van der Waals surface area contributed by atoms with Crippen LogP contribution in [0.5, 0.6) is 0 Å². The number of rotatable bonds is 7. The lowest BCUT2D eigenvalue weighted by molar-refractivity contribution is -0.141. The first-order chi connectivity index (χ1) is 8.73. The van der Waals surface area contributed by atoms with Crippen LogP contribution in [0.4, 0.5) is 4.79 Å². The molecule has 0 aromatic rings. The second-order valence-electron chi connectivity index (χ2n) is 4.82. The van der Waals surface area contributed by atoms with E-state index in [2.05, 4.69) is 10.6 Å². The summed E-state index contributed by atoms with van der Waals surface area (Å²) in [6.45, 7) is 5.60. The Kier molecular flexibility index (Phi) is 7.55. The van der Waals surface area contributed by atoms with Gasteiger partial charge in [-0.1, -0.05) is 6.92 Å². The highest BCUT2D eigenvalue weighted by atomic mass is 16.4. The largest absolute Gasteiger partial charge is 0.481 e. The van der Waals surface area contributed by atoms with Crippen molar-refractivity contribution in [2.24, 2.45) is 5.92 Å². The van der Waals surface area contributed by atoms with Gasteiger partial charge in [0.05, 0.1) is 5.92 Å². The maximum Gasteiger partial charge on any atom is 0.317 e. The number of carbonyl (C=O) groups is 3. The average Bonchev–Trinajstić information content (AvgIpc) is 2.27. The molecule has 0 bridgehead atoms. The third kappa shape index (κ3) is 8.01. The quantitative estimate of drug-likeness (QED) is 0.619. The number of carboxylic acid groups (broad SMARTS) is 1. The van der Waals surface area contributed by atoms with Crippen molar-refractivity contribution in [1.29, 1.82) is 0 Å². The van der Waals surface area contributed by atoms with Crippen LogP contribution in [0.15, 0.2) is 0 Å². The van der Waals surface area contributed by atoms with E-state index in [1.54, 1.807) is 0 Å². The van der Waals surface area contributed by atoms with Crippen LogP contribution in [-0.4, -0.2) is 54.1 Å². The van der Waals surface area contributed by atoms with E-state index in [0.717, 1.165) is 0 Å². The summed E-state index contributed by atoms with van der Waals surface area (Å²) in [7, 11) is 1.52. The lowest BCUT2D eigenvalue weighted by Crippen LogP contribution is -2.42. The first kappa shape index (κ1) is 17.2. The number of carboxylic acids is 1. The molecule has 0 aliphatic carbocycles. The third-order valence-electron chi connectivity index (χ3n) is 2.39. The lowest BCUT2D eigenvalue weighted by Gasteiger charge is -2.20. The number of amides is 3. The fourth-order valence-corrected chi connectivity index (χ4v) is 1.38. The molecule has 0 spiro atoms. The highest BCUT2D eigenvalue weighted by molar-refractivity contribution is 5.78. The number of hydrogen-bond acceptors (Lipinski definition) is 3. The van der Waals surface area contributed by atoms with E-state index in [-0.39, 0.29) is 37.5 Å². The van der Waals surface area contributed by atoms with Gasteiger partial charge in [0.15, 0.2) is 0 Å². The molecule has 1 atom stereocenters. The van der Waals surface area contributed by atoms with E-state index in [1.165, 1.54) is 18.9 Å². The number of aliphatic carboxylic acids is 1. The Bertz CT molecular complexity index is 331. The van der Waals surface area contributed by atoms with E-state index >= 15 is 0 Å². The second-order valence-corrected chi connectivity index (χ2v) is 4.82. The lowest BCUT2D eigenvalue weighted by atomic mass is 10.2. The molecule has 3 N–H and O–H groups in total. The topological polar surface area (TPSA) is 98.7 Å². The molecule has 0 fully saturated rings. The zero-order valence-electron chi connectivity index (χ0n) is 11.9. The molecule has 0 rings (SSSR count). The summed E-state index contributed by atoms with van der Waals surface area (Å²) in [5.41, 5.74) is 0. The highest BCUT2D eigenvalue weighted by Gasteiger charge is 2.17. The molecule has 0 saturated carbocycles. The molecule has 0 aromatic carbocycles. The Morgan fingerprint density at radius 3 is 2.26 bits per heavy atom. The maximum absolute atomic E-state index is 11.6. The fourth-order valence-electron chi connectivity index (χ4n) is 1.38. The van der Waals surface area contributed by atoms with Gasteiger partial charge in [0.25, 0.3) is 0 Å². The van der Waals surface area contributed by atoms with Gasteiger partial charge in [0.2, 0.25) is 5.91 Å². The van der Waals surface area contributed by atoms with E-state index in [9.17, 15) is 14.4 Å². The monoisotopic (exact) mass is 273 g/mol. The fraction of sp³-hybridized carbons (Fsp3) is 0.750. The summed E-state index contributed by atoms with van der Waals surface area (Å²) < 4.78 is 0. The van der Waals surface area contributed by atoms with Crippen molar-refractivity contribution < 1.29 is 19.5 Å². The first-order valence-electron chi connectivity index (χ1n) is 6.25. The van der Waals surface area contributed by atoms with Crippen LogP contribution in [0.25, 0.3) is 0 Å². The van der Waals surface area contributed by atoms with Crippen molar-refractivity contribution in [2.75, 3.05) is 20.1 Å². The van der Waals surface area contributed by atoms with Gasteiger partial charge < -0.3 is 20.6 Å². The number of nitrogens with zero attached hydrogens (tertiary/aromatic N) is 1. The summed E-state index contributed by atoms with van der Waals surface area (Å²) in [5.74, 6) is -1.70. The van der Waals surface area contributed by atoms with Crippen LogP contribution < -0.4 is 10.6 Å². The Morgan fingerprint density at radius 1 is 1.21 bits per heavy atom. The van der Waals surface area contributed by atoms with Gasteiger partial charge >= 0.3 is 12.0 Å². The molecule has 7 nitrogen and oxygen atoms in total. The molecule has 0 aliphatic heterocycles. The number of nitrogens with one attached hydrogen (secondary N) is 2. The van der Waals surface area contributed by atoms with E-state index < -0.39 is 11.9 Å². The molecule has 0 aliphatic rings. The Hall–Kier alpha value is -1.79. The van der Waals surface area contributed by atoms with Gasteiger partial charge in [-0.05, 0) is 13.8 Å². The van der Waals surface area contributed by atoms with Crippen LogP contribution in [0.1, 0.15) is 27.2 Å². The molecule has 0 aromatic heterocycles. The summed E-state index contributed by atoms with van der Waals surface area (Å²) in [6, 6.07) is -0.312. The summed E-state index contributed by atoms with van der Waals surface area (Å²) in [6.07, 6.45) is 0.201. The predicted octanol–water partition coefficient (Wildman–Crippen LogP) is 0.263. The first-order valence-corrected chi connectivity index (χ1v) is 6.25. The van der Waals surface area contributed by atoms with Gasteiger partial charge in [-0.25, -0.2) is 4.79 Å². The van der Waals surface area contributed by atoms with E-state index in [1.807, 2.05) is 13.8 Å². The maximum atomic E-state index is 11.6. The van der Waals surface area contributed by atoms with Crippen LogP contribution in [0.3, 0.4) is 0 Å². The minimum atomic E-state index is -0.948. The highest BCUT2D eigenvalue weighted by Crippen LogP contribution is 1.98. The Morgan fingerprint density at radius 2 is 1.79 bits per heavy atom. The van der Waals surface area contributed by atoms with Gasteiger partial charge in [-0.2, -0.15) is 0 Å². The van der Waals surface area contributed by atoms with Crippen LogP contribution >= 0.6 is 0 Å².